The number of halogens is 1. The molecule has 0 aliphatic carbocycles. The minimum Gasteiger partial charge on any atom is -0.381 e. The van der Waals surface area contributed by atoms with Gasteiger partial charge in [-0.15, -0.1) is 0 Å². The van der Waals surface area contributed by atoms with E-state index in [2.05, 4.69) is 5.32 Å². The molecule has 1 aromatic carbocycles. The summed E-state index contributed by atoms with van der Waals surface area (Å²) in [6.07, 6.45) is 2.28. The summed E-state index contributed by atoms with van der Waals surface area (Å²) in [6, 6.07) is 7.99. The molecule has 0 spiro atoms. The molecule has 1 fully saturated rings. The second-order valence-corrected chi connectivity index (χ2v) is 4.85. The fourth-order valence-corrected chi connectivity index (χ4v) is 2.42. The monoisotopic (exact) mass is 254 g/mol. The van der Waals surface area contributed by atoms with Crippen LogP contribution < -0.4 is 11.1 Å². The Morgan fingerprint density at radius 1 is 1.47 bits per heavy atom. The first-order chi connectivity index (χ1) is 8.31. The summed E-state index contributed by atoms with van der Waals surface area (Å²) < 4.78 is 5.50. The van der Waals surface area contributed by atoms with Gasteiger partial charge in [0.1, 0.15) is 0 Å². The predicted octanol–water partition coefficient (Wildman–Crippen LogP) is 2.51. The molecule has 2 rings (SSSR count). The van der Waals surface area contributed by atoms with Gasteiger partial charge in [-0.3, -0.25) is 0 Å². The first-order valence-corrected chi connectivity index (χ1v) is 6.48. The Morgan fingerprint density at radius 2 is 2.29 bits per heavy atom. The molecule has 1 heterocycles. The lowest BCUT2D eigenvalue weighted by atomic mass is 9.93. The quantitative estimate of drug-likeness (QED) is 0.868. The maximum Gasteiger partial charge on any atom is 0.0637 e. The molecule has 1 aliphatic rings. The maximum atomic E-state index is 6.13. The molecular weight excluding hydrogens is 236 g/mol. The van der Waals surface area contributed by atoms with E-state index < -0.39 is 0 Å². The number of anilines is 1. The van der Waals surface area contributed by atoms with Crippen LogP contribution in [0.5, 0.6) is 0 Å². The van der Waals surface area contributed by atoms with Crippen LogP contribution in [0.2, 0.25) is 5.02 Å². The summed E-state index contributed by atoms with van der Waals surface area (Å²) in [7, 11) is 0. The molecule has 2 atom stereocenters. The highest BCUT2D eigenvalue weighted by atomic mass is 35.5. The molecule has 3 nitrogen and oxygen atoms in total. The Hall–Kier alpha value is -0.770. The molecule has 1 aromatic rings. The van der Waals surface area contributed by atoms with E-state index in [1.54, 1.807) is 0 Å². The number of hydrogen-bond acceptors (Lipinski definition) is 3. The highest BCUT2D eigenvalue weighted by molar-refractivity contribution is 6.33. The zero-order chi connectivity index (χ0) is 12.1. The zero-order valence-electron chi connectivity index (χ0n) is 9.86. The first kappa shape index (κ1) is 12.7. The molecule has 1 aliphatic heterocycles. The zero-order valence-corrected chi connectivity index (χ0v) is 10.6. The Morgan fingerprint density at radius 3 is 2.94 bits per heavy atom. The molecular formula is C13H19ClN2O. The van der Waals surface area contributed by atoms with Crippen LogP contribution in [-0.2, 0) is 4.74 Å². The van der Waals surface area contributed by atoms with E-state index in [4.69, 9.17) is 22.1 Å². The number of hydrogen-bond donors (Lipinski definition) is 2. The summed E-state index contributed by atoms with van der Waals surface area (Å²) in [5.74, 6) is 0.477. The Kier molecular flexibility index (Phi) is 4.66. The lowest BCUT2D eigenvalue weighted by Gasteiger charge is -2.31. The van der Waals surface area contributed by atoms with Crippen molar-refractivity contribution in [3.8, 4) is 0 Å². The van der Waals surface area contributed by atoms with Crippen molar-refractivity contribution in [2.24, 2.45) is 11.7 Å². The molecule has 3 N–H and O–H groups in total. The van der Waals surface area contributed by atoms with E-state index in [-0.39, 0.29) is 6.04 Å². The van der Waals surface area contributed by atoms with Crippen LogP contribution in [0, 0.1) is 5.92 Å². The Bertz CT molecular complexity index is 353. The van der Waals surface area contributed by atoms with E-state index in [0.29, 0.717) is 12.5 Å². The van der Waals surface area contributed by atoms with E-state index in [0.717, 1.165) is 30.3 Å². The van der Waals surface area contributed by atoms with Gasteiger partial charge < -0.3 is 15.8 Å². The van der Waals surface area contributed by atoms with Gasteiger partial charge >= 0.3 is 0 Å². The average Bonchev–Trinajstić information content (AvgIpc) is 2.39. The maximum absolute atomic E-state index is 6.13. The van der Waals surface area contributed by atoms with Crippen molar-refractivity contribution < 1.29 is 4.74 Å². The van der Waals surface area contributed by atoms with Crippen LogP contribution in [0.1, 0.15) is 12.8 Å². The predicted molar refractivity (Wildman–Crippen MR) is 71.5 cm³/mol. The second kappa shape index (κ2) is 6.24. The van der Waals surface area contributed by atoms with Gasteiger partial charge in [-0.05, 0) is 25.0 Å². The molecule has 1 saturated heterocycles. The van der Waals surface area contributed by atoms with Crippen molar-refractivity contribution >= 4 is 17.3 Å². The fraction of sp³-hybridized carbons (Fsp3) is 0.538. The van der Waals surface area contributed by atoms with Gasteiger partial charge in [-0.25, -0.2) is 0 Å². The van der Waals surface area contributed by atoms with Crippen molar-refractivity contribution in [3.05, 3.63) is 29.3 Å². The summed E-state index contributed by atoms with van der Waals surface area (Å²) in [4.78, 5) is 0. The number of para-hydroxylation sites is 1. The van der Waals surface area contributed by atoms with Crippen LogP contribution in [0.25, 0.3) is 0 Å². The molecule has 2 unspecified atom stereocenters. The lowest BCUT2D eigenvalue weighted by Crippen LogP contribution is -2.40. The van der Waals surface area contributed by atoms with E-state index in [9.17, 15) is 0 Å². The van der Waals surface area contributed by atoms with Gasteiger partial charge in [0, 0.05) is 25.1 Å². The average molecular weight is 255 g/mol. The third-order valence-electron chi connectivity index (χ3n) is 3.23. The molecule has 0 aromatic heterocycles. The van der Waals surface area contributed by atoms with Crippen LogP contribution >= 0.6 is 11.6 Å². The SMILES string of the molecule is NCC(Nc1ccccc1Cl)C1CCCOC1. The standard InChI is InChI=1S/C13H19ClN2O/c14-11-5-1-2-6-12(11)16-13(8-15)10-4-3-7-17-9-10/h1-2,5-6,10,13,16H,3-4,7-9,15H2. The first-order valence-electron chi connectivity index (χ1n) is 6.10. The van der Waals surface area contributed by atoms with Crippen LogP contribution in [0.3, 0.4) is 0 Å². The third-order valence-corrected chi connectivity index (χ3v) is 3.56. The van der Waals surface area contributed by atoms with Crippen molar-refractivity contribution in [3.63, 3.8) is 0 Å². The second-order valence-electron chi connectivity index (χ2n) is 4.44. The topological polar surface area (TPSA) is 47.3 Å². The number of ether oxygens (including phenoxy) is 1. The molecule has 0 radical (unpaired) electrons. The van der Waals surface area contributed by atoms with Crippen LogP contribution in [-0.4, -0.2) is 25.8 Å². The lowest BCUT2D eigenvalue weighted by molar-refractivity contribution is 0.0485. The van der Waals surface area contributed by atoms with E-state index in [1.807, 2.05) is 24.3 Å². The fourth-order valence-electron chi connectivity index (χ4n) is 2.23. The van der Waals surface area contributed by atoms with Crippen molar-refractivity contribution in [2.45, 2.75) is 18.9 Å². The summed E-state index contributed by atoms with van der Waals surface area (Å²) in [5, 5.41) is 4.17. The Balaban J connectivity index is 2.01. The van der Waals surface area contributed by atoms with Crippen LogP contribution in [0.4, 0.5) is 5.69 Å². The number of nitrogens with two attached hydrogens (primary N) is 1. The van der Waals surface area contributed by atoms with Gasteiger partial charge in [0.25, 0.3) is 0 Å². The summed E-state index contributed by atoms with van der Waals surface area (Å²) in [5.41, 5.74) is 6.79. The smallest absolute Gasteiger partial charge is 0.0637 e. The summed E-state index contributed by atoms with van der Waals surface area (Å²) >= 11 is 6.13. The third kappa shape index (κ3) is 3.35. The Labute approximate surface area is 107 Å². The van der Waals surface area contributed by atoms with E-state index in [1.165, 1.54) is 6.42 Å². The number of rotatable bonds is 4. The molecule has 17 heavy (non-hydrogen) atoms. The summed E-state index contributed by atoms with van der Waals surface area (Å²) in [6.45, 7) is 2.26. The van der Waals surface area contributed by atoms with Gasteiger partial charge in [-0.2, -0.15) is 0 Å². The molecule has 4 heteroatoms. The normalized spacial score (nSPS) is 22.1. The minimum atomic E-state index is 0.232. The van der Waals surface area contributed by atoms with Crippen molar-refractivity contribution in [1.82, 2.24) is 0 Å². The molecule has 94 valence electrons. The largest absolute Gasteiger partial charge is 0.381 e. The van der Waals surface area contributed by atoms with Gasteiger partial charge in [0.2, 0.25) is 0 Å². The highest BCUT2D eigenvalue weighted by Gasteiger charge is 2.23. The minimum absolute atomic E-state index is 0.232. The molecule has 0 amide bonds. The number of nitrogens with one attached hydrogen (secondary N) is 1. The van der Waals surface area contributed by atoms with Gasteiger partial charge in [-0.1, -0.05) is 23.7 Å². The number of benzene rings is 1. The highest BCUT2D eigenvalue weighted by Crippen LogP contribution is 2.25. The molecule has 0 saturated carbocycles. The van der Waals surface area contributed by atoms with Crippen molar-refractivity contribution in [1.29, 1.82) is 0 Å². The van der Waals surface area contributed by atoms with Crippen molar-refractivity contribution in [2.75, 3.05) is 25.1 Å². The molecule has 0 bridgehead atoms. The van der Waals surface area contributed by atoms with Gasteiger partial charge in [0.15, 0.2) is 0 Å². The van der Waals surface area contributed by atoms with E-state index >= 15 is 0 Å². The van der Waals surface area contributed by atoms with Gasteiger partial charge in [0.05, 0.1) is 17.3 Å². The van der Waals surface area contributed by atoms with Crippen LogP contribution in [0.15, 0.2) is 24.3 Å².